The summed E-state index contributed by atoms with van der Waals surface area (Å²) < 4.78 is 23.0. The number of likely N-dealkylation sites (tertiary alicyclic amines) is 1. The van der Waals surface area contributed by atoms with Crippen molar-refractivity contribution in [3.63, 3.8) is 0 Å². The number of rotatable bonds is 6. The maximum Gasteiger partial charge on any atom is 0.151 e. The van der Waals surface area contributed by atoms with Crippen molar-refractivity contribution in [2.75, 3.05) is 31.2 Å². The molecule has 15 heavy (non-hydrogen) atoms. The van der Waals surface area contributed by atoms with Crippen molar-refractivity contribution in [3.05, 3.63) is 0 Å². The molecule has 90 valence electrons. The second-order valence-corrected chi connectivity index (χ2v) is 6.47. The summed E-state index contributed by atoms with van der Waals surface area (Å²) in [6.45, 7) is 3.53. The molecular formula is C10H21NO3S. The molecule has 1 unspecified atom stereocenters. The quantitative estimate of drug-likeness (QED) is 0.718. The smallest absolute Gasteiger partial charge is 0.151 e. The van der Waals surface area contributed by atoms with Crippen LogP contribution in [-0.2, 0) is 9.84 Å². The molecule has 1 rings (SSSR count). The van der Waals surface area contributed by atoms with Gasteiger partial charge in [-0.1, -0.05) is 6.92 Å². The Labute approximate surface area is 92.2 Å². The lowest BCUT2D eigenvalue weighted by Gasteiger charge is -2.22. The van der Waals surface area contributed by atoms with Gasteiger partial charge in [-0.3, -0.25) is 4.90 Å². The van der Waals surface area contributed by atoms with Crippen LogP contribution in [0.1, 0.15) is 26.2 Å². The Morgan fingerprint density at radius 2 is 2.13 bits per heavy atom. The van der Waals surface area contributed by atoms with E-state index in [1.807, 2.05) is 6.92 Å². The van der Waals surface area contributed by atoms with Crippen LogP contribution in [0.5, 0.6) is 0 Å². The zero-order valence-corrected chi connectivity index (χ0v) is 10.2. The summed E-state index contributed by atoms with van der Waals surface area (Å²) in [6.07, 6.45) is 2.75. The second kappa shape index (κ2) is 5.82. The largest absolute Gasteiger partial charge is 0.395 e. The lowest BCUT2D eigenvalue weighted by molar-refractivity contribution is 0.165. The number of hydrogen-bond acceptors (Lipinski definition) is 4. The van der Waals surface area contributed by atoms with Gasteiger partial charge in [-0.05, 0) is 25.8 Å². The molecule has 0 radical (unpaired) electrons. The second-order valence-electron chi connectivity index (χ2n) is 4.17. The molecule has 0 aliphatic carbocycles. The minimum atomic E-state index is -2.87. The van der Waals surface area contributed by atoms with E-state index in [1.165, 1.54) is 0 Å². The fourth-order valence-electron chi connectivity index (χ4n) is 2.07. The highest BCUT2D eigenvalue weighted by Crippen LogP contribution is 2.16. The van der Waals surface area contributed by atoms with E-state index in [0.29, 0.717) is 13.0 Å². The van der Waals surface area contributed by atoms with Crippen LogP contribution in [0.3, 0.4) is 0 Å². The molecule has 1 aliphatic heterocycles. The van der Waals surface area contributed by atoms with Crippen LogP contribution in [0, 0.1) is 0 Å². The molecule has 1 atom stereocenters. The van der Waals surface area contributed by atoms with Crippen molar-refractivity contribution in [1.82, 2.24) is 4.90 Å². The van der Waals surface area contributed by atoms with Gasteiger partial charge in [0.25, 0.3) is 0 Å². The molecule has 1 aliphatic rings. The third kappa shape index (κ3) is 4.09. The van der Waals surface area contributed by atoms with Crippen LogP contribution < -0.4 is 0 Å². The van der Waals surface area contributed by atoms with Crippen molar-refractivity contribution >= 4 is 9.84 Å². The molecule has 0 amide bonds. The van der Waals surface area contributed by atoms with Crippen molar-refractivity contribution in [2.45, 2.75) is 32.2 Å². The van der Waals surface area contributed by atoms with Crippen LogP contribution >= 0.6 is 0 Å². The van der Waals surface area contributed by atoms with E-state index in [0.717, 1.165) is 19.4 Å². The third-order valence-electron chi connectivity index (χ3n) is 2.91. The molecule has 1 N–H and O–H groups in total. The first-order valence-electron chi connectivity index (χ1n) is 5.64. The molecule has 1 heterocycles. The van der Waals surface area contributed by atoms with Crippen molar-refractivity contribution in [2.24, 2.45) is 0 Å². The molecule has 1 saturated heterocycles. The number of sulfone groups is 1. The number of aliphatic hydroxyl groups excluding tert-OH is 1. The first-order valence-corrected chi connectivity index (χ1v) is 7.46. The predicted molar refractivity (Wildman–Crippen MR) is 60.6 cm³/mol. The maximum atomic E-state index is 11.5. The fraction of sp³-hybridized carbons (Fsp3) is 1.00. The van der Waals surface area contributed by atoms with Crippen LogP contribution in [-0.4, -0.2) is 55.7 Å². The van der Waals surface area contributed by atoms with Gasteiger partial charge in [0.2, 0.25) is 0 Å². The first-order chi connectivity index (χ1) is 7.09. The summed E-state index contributed by atoms with van der Waals surface area (Å²) in [5, 5.41) is 9.08. The summed E-state index contributed by atoms with van der Waals surface area (Å²) in [5.74, 6) is 0.516. The normalized spacial score (nSPS) is 23.5. The fourth-order valence-corrected chi connectivity index (χ4v) is 3.40. The van der Waals surface area contributed by atoms with Crippen molar-refractivity contribution in [3.8, 4) is 0 Å². The molecule has 0 aromatic rings. The lowest BCUT2D eigenvalue weighted by atomic mass is 10.2. The highest BCUT2D eigenvalue weighted by molar-refractivity contribution is 7.91. The van der Waals surface area contributed by atoms with E-state index in [1.54, 1.807) is 0 Å². The summed E-state index contributed by atoms with van der Waals surface area (Å²) in [5.41, 5.74) is 0. The molecule has 4 nitrogen and oxygen atoms in total. The Hall–Kier alpha value is -0.130. The monoisotopic (exact) mass is 235 g/mol. The molecule has 0 aromatic carbocycles. The Morgan fingerprint density at radius 1 is 1.40 bits per heavy atom. The molecule has 0 aromatic heterocycles. The molecule has 0 bridgehead atoms. The third-order valence-corrected chi connectivity index (χ3v) is 4.75. The van der Waals surface area contributed by atoms with Gasteiger partial charge in [0.1, 0.15) is 0 Å². The van der Waals surface area contributed by atoms with Gasteiger partial charge in [0.15, 0.2) is 9.84 Å². The lowest BCUT2D eigenvalue weighted by Crippen LogP contribution is -2.36. The van der Waals surface area contributed by atoms with Crippen LogP contribution in [0.2, 0.25) is 0 Å². The summed E-state index contributed by atoms with van der Waals surface area (Å²) in [6, 6.07) is 0.182. The van der Waals surface area contributed by atoms with Gasteiger partial charge in [-0.25, -0.2) is 8.42 Å². The number of aliphatic hydroxyl groups is 1. The average molecular weight is 235 g/mol. The zero-order chi connectivity index (χ0) is 11.3. The highest BCUT2D eigenvalue weighted by atomic mass is 32.2. The minimum Gasteiger partial charge on any atom is -0.395 e. The van der Waals surface area contributed by atoms with Crippen LogP contribution in [0.4, 0.5) is 0 Å². The van der Waals surface area contributed by atoms with E-state index in [-0.39, 0.29) is 24.2 Å². The van der Waals surface area contributed by atoms with E-state index in [2.05, 4.69) is 4.90 Å². The summed E-state index contributed by atoms with van der Waals surface area (Å²) in [7, 11) is -2.87. The minimum absolute atomic E-state index is 0.147. The molecule has 1 fully saturated rings. The Kier molecular flexibility index (Phi) is 5.02. The number of nitrogens with zero attached hydrogens (tertiary/aromatic N) is 1. The first kappa shape index (κ1) is 12.9. The molecule has 0 saturated carbocycles. The van der Waals surface area contributed by atoms with Gasteiger partial charge in [-0.2, -0.15) is 0 Å². The van der Waals surface area contributed by atoms with E-state index in [9.17, 15) is 8.42 Å². The predicted octanol–water partition coefficient (Wildman–Crippen LogP) is 0.268. The standard InChI is InChI=1S/C10H21NO3S/c1-2-7-15(13,14)8-6-11-5-3-4-10(11)9-12/h10,12H,2-9H2,1H3. The highest BCUT2D eigenvalue weighted by Gasteiger charge is 2.24. The summed E-state index contributed by atoms with van der Waals surface area (Å²) >= 11 is 0. The topological polar surface area (TPSA) is 57.6 Å². The van der Waals surface area contributed by atoms with Crippen molar-refractivity contribution in [1.29, 1.82) is 0 Å². The Balaban J connectivity index is 2.36. The van der Waals surface area contributed by atoms with Gasteiger partial charge in [-0.15, -0.1) is 0 Å². The van der Waals surface area contributed by atoms with E-state index < -0.39 is 9.84 Å². The van der Waals surface area contributed by atoms with E-state index in [4.69, 9.17) is 5.11 Å². The molecule has 0 spiro atoms. The van der Waals surface area contributed by atoms with Gasteiger partial charge >= 0.3 is 0 Å². The van der Waals surface area contributed by atoms with E-state index >= 15 is 0 Å². The van der Waals surface area contributed by atoms with Gasteiger partial charge in [0, 0.05) is 18.3 Å². The van der Waals surface area contributed by atoms with Crippen LogP contribution in [0.25, 0.3) is 0 Å². The van der Waals surface area contributed by atoms with Crippen molar-refractivity contribution < 1.29 is 13.5 Å². The van der Waals surface area contributed by atoms with Gasteiger partial charge < -0.3 is 5.11 Å². The number of hydrogen-bond donors (Lipinski definition) is 1. The van der Waals surface area contributed by atoms with Gasteiger partial charge in [0.05, 0.1) is 12.4 Å². The molecular weight excluding hydrogens is 214 g/mol. The molecule has 5 heteroatoms. The Bertz CT molecular complexity index is 276. The summed E-state index contributed by atoms with van der Waals surface area (Å²) in [4.78, 5) is 2.09. The average Bonchev–Trinajstić information content (AvgIpc) is 2.62. The zero-order valence-electron chi connectivity index (χ0n) is 9.35. The van der Waals surface area contributed by atoms with Crippen LogP contribution in [0.15, 0.2) is 0 Å². The maximum absolute atomic E-state index is 11.5. The SMILES string of the molecule is CCCS(=O)(=O)CCN1CCCC1CO. The Morgan fingerprint density at radius 3 is 2.73 bits per heavy atom.